The van der Waals surface area contributed by atoms with Crippen LogP contribution < -0.4 is 4.90 Å². The van der Waals surface area contributed by atoms with Crippen LogP contribution in [0.3, 0.4) is 0 Å². The van der Waals surface area contributed by atoms with Gasteiger partial charge < -0.3 is 20.0 Å². The zero-order valence-corrected chi connectivity index (χ0v) is 19.3. The van der Waals surface area contributed by atoms with Crippen molar-refractivity contribution in [1.29, 1.82) is 0 Å². The summed E-state index contributed by atoms with van der Waals surface area (Å²) in [5.74, 6) is -2.91. The van der Waals surface area contributed by atoms with E-state index in [0.29, 0.717) is 25.8 Å². The van der Waals surface area contributed by atoms with Crippen molar-refractivity contribution in [2.24, 2.45) is 11.8 Å². The van der Waals surface area contributed by atoms with Gasteiger partial charge in [0.15, 0.2) is 0 Å². The summed E-state index contributed by atoms with van der Waals surface area (Å²) >= 11 is 1.52. The van der Waals surface area contributed by atoms with Gasteiger partial charge in [0.2, 0.25) is 5.91 Å². The largest absolute Gasteiger partial charge is 0.481 e. The second-order valence-corrected chi connectivity index (χ2v) is 10.6. The average Bonchev–Trinajstić information content (AvgIpc) is 3.39. The molecule has 0 aromatic heterocycles. The second-order valence-electron chi connectivity index (χ2n) is 9.03. The first-order chi connectivity index (χ1) is 15.3. The number of aliphatic carboxylic acids is 1. The Bertz CT molecular complexity index is 966. The molecule has 7 nitrogen and oxygen atoms in total. The van der Waals surface area contributed by atoms with Crippen LogP contribution in [-0.2, 0) is 14.4 Å². The number of aliphatic hydroxyl groups is 1. The number of carboxylic acids is 1. The van der Waals surface area contributed by atoms with Crippen molar-refractivity contribution in [3.63, 3.8) is 0 Å². The topological polar surface area (TPSA) is 98.2 Å². The van der Waals surface area contributed by atoms with Gasteiger partial charge in [-0.2, -0.15) is 0 Å². The van der Waals surface area contributed by atoms with Gasteiger partial charge in [0.05, 0.1) is 16.6 Å². The van der Waals surface area contributed by atoms with E-state index < -0.39 is 28.6 Å². The summed E-state index contributed by atoms with van der Waals surface area (Å²) in [7, 11) is 0. The Morgan fingerprint density at radius 2 is 2.12 bits per heavy atom. The van der Waals surface area contributed by atoms with Gasteiger partial charge in [-0.05, 0) is 50.3 Å². The number of rotatable bonds is 8. The minimum atomic E-state index is -0.963. The summed E-state index contributed by atoms with van der Waals surface area (Å²) in [6, 6.07) is 5.16. The number of likely N-dealkylation sites (tertiary alicyclic amines) is 1. The molecule has 3 heterocycles. The smallest absolute Gasteiger partial charge is 0.308 e. The van der Waals surface area contributed by atoms with E-state index in [1.807, 2.05) is 32.0 Å². The van der Waals surface area contributed by atoms with Gasteiger partial charge in [0, 0.05) is 30.6 Å². The molecule has 2 bridgehead atoms. The summed E-state index contributed by atoms with van der Waals surface area (Å²) in [6.45, 7) is 8.16. The predicted molar refractivity (Wildman–Crippen MR) is 124 cm³/mol. The van der Waals surface area contributed by atoms with Gasteiger partial charge in [-0.25, -0.2) is 0 Å². The molecule has 3 aliphatic rings. The lowest BCUT2D eigenvalue weighted by Crippen LogP contribution is -2.55. The molecule has 5 atom stereocenters. The molecule has 0 aliphatic carbocycles. The molecule has 2 unspecified atom stereocenters. The first-order valence-corrected chi connectivity index (χ1v) is 12.0. The highest BCUT2D eigenvalue weighted by atomic mass is 32.2. The molecule has 172 valence electrons. The van der Waals surface area contributed by atoms with Crippen LogP contribution in [0.5, 0.6) is 0 Å². The minimum absolute atomic E-state index is 0.103. The molecular formula is C24H30N2O5S. The molecule has 1 spiro atoms. The van der Waals surface area contributed by atoms with Crippen molar-refractivity contribution in [1.82, 2.24) is 4.90 Å². The Labute approximate surface area is 192 Å². The molecule has 32 heavy (non-hydrogen) atoms. The number of anilines is 1. The minimum Gasteiger partial charge on any atom is -0.481 e. The van der Waals surface area contributed by atoms with Crippen molar-refractivity contribution < 1.29 is 24.6 Å². The van der Waals surface area contributed by atoms with Crippen molar-refractivity contribution >= 4 is 35.2 Å². The Balaban J connectivity index is 1.80. The Morgan fingerprint density at radius 1 is 1.38 bits per heavy atom. The van der Waals surface area contributed by atoms with Crippen molar-refractivity contribution in [2.75, 3.05) is 24.6 Å². The number of benzene rings is 1. The molecule has 3 saturated heterocycles. The highest BCUT2D eigenvalue weighted by molar-refractivity contribution is 8.02. The maximum Gasteiger partial charge on any atom is 0.308 e. The molecule has 1 aromatic carbocycles. The number of hydrogen-bond donors (Lipinski definition) is 2. The van der Waals surface area contributed by atoms with Crippen LogP contribution in [0.15, 0.2) is 30.9 Å². The fourth-order valence-corrected chi connectivity index (χ4v) is 8.00. The lowest BCUT2D eigenvalue weighted by Gasteiger charge is -2.37. The molecular weight excluding hydrogens is 428 g/mol. The third-order valence-corrected chi connectivity index (χ3v) is 9.06. The highest BCUT2D eigenvalue weighted by Crippen LogP contribution is 2.66. The van der Waals surface area contributed by atoms with E-state index in [4.69, 9.17) is 0 Å². The zero-order valence-electron chi connectivity index (χ0n) is 18.5. The normalized spacial score (nSPS) is 30.5. The highest BCUT2D eigenvalue weighted by Gasteiger charge is 2.74. The van der Waals surface area contributed by atoms with Crippen LogP contribution >= 0.6 is 11.8 Å². The van der Waals surface area contributed by atoms with E-state index in [1.54, 1.807) is 15.9 Å². The van der Waals surface area contributed by atoms with Crippen molar-refractivity contribution in [2.45, 2.75) is 49.1 Å². The summed E-state index contributed by atoms with van der Waals surface area (Å²) in [6.07, 6.45) is 3.34. The third kappa shape index (κ3) is 3.35. The number of carboxylic acid groups (broad SMARTS) is 1. The standard InChI is InChI=1S/C24H30N2O5S/c1-4-10-25(16-13-14(2)6-7-15(16)3)22(29)20-24-9-8-17(32-24)18(23(30)31)19(24)21(28)26(20)11-5-12-27/h4,6-7,13,17-20,27H,1,5,8-12H2,2-3H3,(H,30,31)/t17-,18+,19-,20?,24?/m0/s1. The van der Waals surface area contributed by atoms with Gasteiger partial charge in [-0.3, -0.25) is 14.4 Å². The average molecular weight is 459 g/mol. The van der Waals surface area contributed by atoms with E-state index in [-0.39, 0.29) is 30.2 Å². The molecule has 0 saturated carbocycles. The van der Waals surface area contributed by atoms with E-state index in [1.165, 1.54) is 11.8 Å². The number of carbonyl (C=O) groups excluding carboxylic acids is 2. The zero-order chi connectivity index (χ0) is 23.2. The third-order valence-electron chi connectivity index (χ3n) is 7.11. The van der Waals surface area contributed by atoms with E-state index >= 15 is 0 Å². The molecule has 0 radical (unpaired) electrons. The van der Waals surface area contributed by atoms with Gasteiger partial charge in [-0.1, -0.05) is 18.2 Å². The van der Waals surface area contributed by atoms with Crippen molar-refractivity contribution in [3.8, 4) is 0 Å². The number of nitrogens with zero attached hydrogens (tertiary/aromatic N) is 2. The SMILES string of the molecule is C=CCN(C(=O)C1N(CCCO)C(=O)[C@@H]2[C@H](C(=O)O)[C@@H]3CCC12S3)c1cc(C)ccc1C. The Kier molecular flexibility index (Phi) is 6.11. The number of aliphatic hydroxyl groups excluding tert-OH is 1. The van der Waals surface area contributed by atoms with Gasteiger partial charge in [0.1, 0.15) is 6.04 Å². The van der Waals surface area contributed by atoms with Gasteiger partial charge >= 0.3 is 5.97 Å². The Morgan fingerprint density at radius 3 is 2.78 bits per heavy atom. The quantitative estimate of drug-likeness (QED) is 0.581. The number of carbonyl (C=O) groups is 3. The Hall–Kier alpha value is -2.32. The van der Waals surface area contributed by atoms with Crippen LogP contribution in [-0.4, -0.2) is 68.6 Å². The predicted octanol–water partition coefficient (Wildman–Crippen LogP) is 2.38. The van der Waals surface area contributed by atoms with Gasteiger partial charge in [-0.15, -0.1) is 18.3 Å². The first kappa shape index (κ1) is 22.9. The summed E-state index contributed by atoms with van der Waals surface area (Å²) in [5, 5.41) is 19.1. The number of thioether (sulfide) groups is 1. The van der Waals surface area contributed by atoms with Crippen LogP contribution in [0.4, 0.5) is 5.69 Å². The molecule has 1 aromatic rings. The summed E-state index contributed by atoms with van der Waals surface area (Å²) in [4.78, 5) is 43.0. The van der Waals surface area contributed by atoms with E-state index in [0.717, 1.165) is 16.8 Å². The lowest BCUT2D eigenvalue weighted by molar-refractivity contribution is -0.148. The first-order valence-electron chi connectivity index (χ1n) is 11.1. The molecule has 3 fully saturated rings. The molecule has 8 heteroatoms. The second kappa shape index (κ2) is 8.56. The van der Waals surface area contributed by atoms with Crippen LogP contribution in [0, 0.1) is 25.7 Å². The summed E-state index contributed by atoms with van der Waals surface area (Å²) < 4.78 is -0.742. The monoisotopic (exact) mass is 458 g/mol. The number of hydrogen-bond acceptors (Lipinski definition) is 5. The number of amides is 2. The van der Waals surface area contributed by atoms with Gasteiger partial charge in [0.25, 0.3) is 5.91 Å². The fourth-order valence-electron chi connectivity index (χ4n) is 5.79. The lowest BCUT2D eigenvalue weighted by atomic mass is 9.71. The maximum absolute atomic E-state index is 14.2. The fraction of sp³-hybridized carbons (Fsp3) is 0.542. The summed E-state index contributed by atoms with van der Waals surface area (Å²) in [5.41, 5.74) is 2.74. The van der Waals surface area contributed by atoms with Crippen LogP contribution in [0.2, 0.25) is 0 Å². The van der Waals surface area contributed by atoms with E-state index in [9.17, 15) is 24.6 Å². The molecule has 2 N–H and O–H groups in total. The van der Waals surface area contributed by atoms with Crippen LogP contribution in [0.1, 0.15) is 30.4 Å². The number of fused-ring (bicyclic) bond motifs is 1. The van der Waals surface area contributed by atoms with E-state index in [2.05, 4.69) is 6.58 Å². The maximum atomic E-state index is 14.2. The molecule has 2 amide bonds. The van der Waals surface area contributed by atoms with Crippen LogP contribution in [0.25, 0.3) is 0 Å². The number of aryl methyl sites for hydroxylation is 2. The van der Waals surface area contributed by atoms with Crippen molar-refractivity contribution in [3.05, 3.63) is 42.0 Å². The molecule has 3 aliphatic heterocycles. The molecule has 4 rings (SSSR count).